The fraction of sp³-hybridized carbons (Fsp3) is 0. The van der Waals surface area contributed by atoms with E-state index in [0.717, 1.165) is 16.3 Å². The molecule has 0 aliphatic rings. The Kier molecular flexibility index (Phi) is 4.76. The molecule has 0 saturated carbocycles. The highest BCUT2D eigenvalue weighted by atomic mass is 32.2. The third-order valence-electron chi connectivity index (χ3n) is 4.95. The average Bonchev–Trinajstić information content (AvgIpc) is 3.23. The van der Waals surface area contributed by atoms with Crippen molar-refractivity contribution in [3.8, 4) is 22.8 Å². The summed E-state index contributed by atoms with van der Waals surface area (Å²) in [5, 5.41) is 6.39. The Morgan fingerprint density at radius 1 is 0.677 bits per heavy atom. The summed E-state index contributed by atoms with van der Waals surface area (Å²) < 4.78 is 33.3. The van der Waals surface area contributed by atoms with E-state index in [2.05, 4.69) is 5.10 Å². The third-order valence-corrected chi connectivity index (χ3v) is 6.17. The van der Waals surface area contributed by atoms with Crippen molar-refractivity contribution in [1.29, 1.82) is 0 Å². The molecule has 0 aliphatic heterocycles. The Morgan fingerprint density at radius 3 is 2.06 bits per heavy atom. The van der Waals surface area contributed by atoms with E-state index in [1.807, 2.05) is 84.9 Å². The minimum Gasteiger partial charge on any atom is -0.358 e. The van der Waals surface area contributed by atoms with Crippen molar-refractivity contribution in [1.82, 2.24) is 9.78 Å². The van der Waals surface area contributed by atoms with Gasteiger partial charge in [0.15, 0.2) is 0 Å². The van der Waals surface area contributed by atoms with Crippen LogP contribution in [0.1, 0.15) is 0 Å². The first-order valence-corrected chi connectivity index (χ1v) is 11.2. The number of hydrogen-bond donors (Lipinski definition) is 0. The van der Waals surface area contributed by atoms with Crippen molar-refractivity contribution < 1.29 is 12.6 Å². The molecule has 0 radical (unpaired) electrons. The molecule has 6 heteroatoms. The molecule has 0 unspecified atom stereocenters. The second-order valence-electron chi connectivity index (χ2n) is 7.03. The zero-order valence-corrected chi connectivity index (χ0v) is 17.2. The number of hydrogen-bond acceptors (Lipinski definition) is 4. The molecule has 0 saturated heterocycles. The lowest BCUT2D eigenvalue weighted by Gasteiger charge is -2.10. The van der Waals surface area contributed by atoms with E-state index in [0.29, 0.717) is 11.4 Å². The highest BCUT2D eigenvalue weighted by Crippen LogP contribution is 2.29. The first-order valence-electron chi connectivity index (χ1n) is 9.74. The lowest BCUT2D eigenvalue weighted by atomic mass is 10.1. The molecule has 0 bridgehead atoms. The van der Waals surface area contributed by atoms with Crippen molar-refractivity contribution in [2.45, 2.75) is 4.90 Å². The summed E-state index contributed by atoms with van der Waals surface area (Å²) in [7, 11) is -4.06. The first kappa shape index (κ1) is 19.1. The fourth-order valence-corrected chi connectivity index (χ4v) is 4.36. The molecule has 5 aromatic rings. The SMILES string of the molecule is O=S(=O)(Oc1cc(-c2ccccc2)nn1-c1ccccc1)c1ccc2ccccc2c1. The van der Waals surface area contributed by atoms with Gasteiger partial charge in [0.25, 0.3) is 0 Å². The highest BCUT2D eigenvalue weighted by molar-refractivity contribution is 7.87. The van der Waals surface area contributed by atoms with Gasteiger partial charge in [0, 0.05) is 11.6 Å². The molecule has 5 nitrogen and oxygen atoms in total. The summed E-state index contributed by atoms with van der Waals surface area (Å²) in [5.41, 5.74) is 2.19. The standard InChI is InChI=1S/C25H18N2O3S/c28-31(29,23-16-15-19-9-7-8-12-21(19)17-23)30-25-18-24(20-10-3-1-4-11-20)26-27(25)22-13-5-2-6-14-22/h1-18H. The Hall–Kier alpha value is -3.90. The van der Waals surface area contributed by atoms with E-state index in [-0.39, 0.29) is 10.8 Å². The summed E-state index contributed by atoms with van der Waals surface area (Å²) in [6.45, 7) is 0. The van der Waals surface area contributed by atoms with E-state index < -0.39 is 10.1 Å². The smallest absolute Gasteiger partial charge is 0.340 e. The van der Waals surface area contributed by atoms with E-state index >= 15 is 0 Å². The molecule has 0 fully saturated rings. The number of aromatic nitrogens is 2. The minimum atomic E-state index is -4.06. The van der Waals surface area contributed by atoms with Gasteiger partial charge in [-0.25, -0.2) is 0 Å². The summed E-state index contributed by atoms with van der Waals surface area (Å²) >= 11 is 0. The molecule has 0 amide bonds. The second-order valence-corrected chi connectivity index (χ2v) is 8.57. The Bertz CT molecular complexity index is 1460. The van der Waals surface area contributed by atoms with Crippen LogP contribution in [0.2, 0.25) is 0 Å². The largest absolute Gasteiger partial charge is 0.358 e. The van der Waals surface area contributed by atoms with Gasteiger partial charge in [-0.2, -0.15) is 18.2 Å². The monoisotopic (exact) mass is 426 g/mol. The number of nitrogens with zero attached hydrogens (tertiary/aromatic N) is 2. The van der Waals surface area contributed by atoms with E-state index in [1.54, 1.807) is 24.3 Å². The molecule has 4 aromatic carbocycles. The predicted molar refractivity (Wildman–Crippen MR) is 121 cm³/mol. The first-order chi connectivity index (χ1) is 15.1. The quantitative estimate of drug-likeness (QED) is 0.350. The van der Waals surface area contributed by atoms with Crippen molar-refractivity contribution in [2.75, 3.05) is 0 Å². The third kappa shape index (κ3) is 3.81. The molecule has 0 atom stereocenters. The Balaban J connectivity index is 1.59. The molecule has 152 valence electrons. The summed E-state index contributed by atoms with van der Waals surface area (Å²) in [5.74, 6) is 0.123. The zero-order valence-electron chi connectivity index (χ0n) is 16.4. The van der Waals surface area contributed by atoms with Gasteiger partial charge in [-0.3, -0.25) is 0 Å². The van der Waals surface area contributed by atoms with Gasteiger partial charge in [0.05, 0.1) is 11.4 Å². The van der Waals surface area contributed by atoms with Crippen LogP contribution >= 0.6 is 0 Å². The van der Waals surface area contributed by atoms with Crippen LogP contribution in [0.25, 0.3) is 27.7 Å². The Morgan fingerprint density at radius 2 is 1.32 bits per heavy atom. The topological polar surface area (TPSA) is 61.2 Å². The van der Waals surface area contributed by atoms with Crippen LogP contribution in [0.5, 0.6) is 5.88 Å². The van der Waals surface area contributed by atoms with Crippen molar-refractivity contribution in [2.24, 2.45) is 0 Å². The molecule has 0 spiro atoms. The van der Waals surface area contributed by atoms with Crippen molar-refractivity contribution in [3.63, 3.8) is 0 Å². The van der Waals surface area contributed by atoms with Crippen LogP contribution < -0.4 is 4.18 Å². The van der Waals surface area contributed by atoms with Crippen LogP contribution in [0, 0.1) is 0 Å². The summed E-state index contributed by atoms with van der Waals surface area (Å²) in [6, 6.07) is 33.0. The zero-order chi connectivity index (χ0) is 21.3. The molecule has 0 N–H and O–H groups in total. The minimum absolute atomic E-state index is 0.0910. The molecule has 1 heterocycles. The molecular weight excluding hydrogens is 408 g/mol. The second kappa shape index (κ2) is 7.74. The fourth-order valence-electron chi connectivity index (χ4n) is 3.41. The van der Waals surface area contributed by atoms with Gasteiger partial charge < -0.3 is 4.18 Å². The summed E-state index contributed by atoms with van der Waals surface area (Å²) in [6.07, 6.45) is 0. The van der Waals surface area contributed by atoms with Crippen LogP contribution in [0.3, 0.4) is 0 Å². The number of rotatable bonds is 5. The van der Waals surface area contributed by atoms with Gasteiger partial charge in [-0.1, -0.05) is 78.9 Å². The number of fused-ring (bicyclic) bond motifs is 1. The highest BCUT2D eigenvalue weighted by Gasteiger charge is 2.22. The molecule has 1 aromatic heterocycles. The van der Waals surface area contributed by atoms with Gasteiger partial charge in [0.1, 0.15) is 4.90 Å². The van der Waals surface area contributed by atoms with Gasteiger partial charge >= 0.3 is 10.1 Å². The maximum Gasteiger partial charge on any atom is 0.340 e. The van der Waals surface area contributed by atoms with Crippen LogP contribution in [0.4, 0.5) is 0 Å². The van der Waals surface area contributed by atoms with Crippen molar-refractivity contribution in [3.05, 3.63) is 109 Å². The Labute approximate surface area is 180 Å². The normalized spacial score (nSPS) is 11.5. The molecule has 0 aliphatic carbocycles. The molecular formula is C25H18N2O3S. The van der Waals surface area contributed by atoms with Crippen molar-refractivity contribution >= 4 is 20.9 Å². The number of benzene rings is 4. The molecule has 31 heavy (non-hydrogen) atoms. The van der Waals surface area contributed by atoms with Crippen LogP contribution in [0.15, 0.2) is 114 Å². The lowest BCUT2D eigenvalue weighted by Crippen LogP contribution is -2.12. The van der Waals surface area contributed by atoms with Crippen LogP contribution in [-0.2, 0) is 10.1 Å². The van der Waals surface area contributed by atoms with E-state index in [1.165, 1.54) is 4.68 Å². The van der Waals surface area contributed by atoms with Gasteiger partial charge in [0.2, 0.25) is 5.88 Å². The maximum absolute atomic E-state index is 13.1. The van der Waals surface area contributed by atoms with Gasteiger partial charge in [-0.05, 0) is 35.0 Å². The van der Waals surface area contributed by atoms with Gasteiger partial charge in [-0.15, -0.1) is 0 Å². The molecule has 5 rings (SSSR count). The van der Waals surface area contributed by atoms with Crippen LogP contribution in [-0.4, -0.2) is 18.2 Å². The van der Waals surface area contributed by atoms with E-state index in [4.69, 9.17) is 4.18 Å². The lowest BCUT2D eigenvalue weighted by molar-refractivity contribution is 0.465. The average molecular weight is 426 g/mol. The predicted octanol–water partition coefficient (Wildman–Crippen LogP) is 5.46. The summed E-state index contributed by atoms with van der Waals surface area (Å²) in [4.78, 5) is 0.0910. The maximum atomic E-state index is 13.1. The number of para-hydroxylation sites is 1. The van der Waals surface area contributed by atoms with E-state index in [9.17, 15) is 8.42 Å².